The second-order valence-electron chi connectivity index (χ2n) is 23.7. The molecule has 13 aromatic carbocycles. The molecule has 3 nitrogen and oxygen atoms in total. The van der Waals surface area contributed by atoms with E-state index in [1.165, 1.54) is 11.1 Å². The molecule has 0 saturated carbocycles. The Morgan fingerprint density at radius 1 is 0.330 bits per heavy atom. The number of hydrogen-bond donors (Lipinski definition) is 0. The maximum absolute atomic E-state index is 9.74. The molecule has 0 unspecified atom stereocenters. The number of hydrogen-bond acceptors (Lipinski definition) is 2. The van der Waals surface area contributed by atoms with E-state index in [0.29, 0.717) is 5.69 Å². The van der Waals surface area contributed by atoms with Gasteiger partial charge in [-0.2, -0.15) is 0 Å². The van der Waals surface area contributed by atoms with Crippen molar-refractivity contribution in [2.24, 2.45) is 0 Å². The zero-order valence-corrected chi connectivity index (χ0v) is 49.3. The third-order valence-electron chi connectivity index (χ3n) is 18.0. The van der Waals surface area contributed by atoms with Crippen LogP contribution in [0.4, 0.5) is 34.1 Å². The number of aromatic nitrogens is 1. The summed E-state index contributed by atoms with van der Waals surface area (Å²) in [5.74, 6) is 0.413. The molecule has 14 aromatic rings. The van der Waals surface area contributed by atoms with E-state index >= 15 is 0 Å². The van der Waals surface area contributed by atoms with Gasteiger partial charge in [-0.15, -0.1) is 0 Å². The summed E-state index contributed by atoms with van der Waals surface area (Å²) in [6.45, 7) is 8.58. The predicted molar refractivity (Wildman–Crippen MR) is 376 cm³/mol. The van der Waals surface area contributed by atoms with Gasteiger partial charge in [0.25, 0.3) is 6.71 Å². The van der Waals surface area contributed by atoms with Crippen LogP contribution in [0, 0.1) is 0 Å². The molecular weight excluding hydrogens is 1060 g/mol. The van der Waals surface area contributed by atoms with Gasteiger partial charge >= 0.3 is 0 Å². The number of nitrogens with zero attached hydrogens (tertiary/aromatic N) is 3. The van der Waals surface area contributed by atoms with Gasteiger partial charge in [0.1, 0.15) is 0 Å². The third-order valence-corrected chi connectivity index (χ3v) is 18.0. The van der Waals surface area contributed by atoms with Gasteiger partial charge in [0.2, 0.25) is 0 Å². The van der Waals surface area contributed by atoms with Gasteiger partial charge in [-0.05, 0) is 126 Å². The van der Waals surface area contributed by atoms with E-state index < -0.39 is 30.9 Å². The first kappa shape index (κ1) is 44.8. The molecule has 2 aliphatic heterocycles. The first-order valence-electron chi connectivity index (χ1n) is 34.4. The lowest BCUT2D eigenvalue weighted by Crippen LogP contribution is -2.61. The maximum atomic E-state index is 9.74. The van der Waals surface area contributed by atoms with Crippen molar-refractivity contribution >= 4 is 79.0 Å². The Labute approximate surface area is 528 Å². The SMILES string of the molecule is [2H]c1c([2H])c([2H])c2c(c1[2H])c1c([2H])c([2H])c([2H])c([2H])c1n2-c1ccc2c(c1)N(c1c(-c3ccccc3)cccc1-c1ccccc1)c1cc(-c3ccc(C(C)C)cc3C(C)C)cc3c1B2c1cc(-c2ccccc2)ccc1N3c1c(-c2ccccc2)cccc1-c1ccccc1. The molecular formula is C84H64BN3. The van der Waals surface area contributed by atoms with E-state index in [-0.39, 0.29) is 57.8 Å². The summed E-state index contributed by atoms with van der Waals surface area (Å²) >= 11 is 0. The Hall–Kier alpha value is -10.7. The van der Waals surface area contributed by atoms with Gasteiger partial charge in [0.15, 0.2) is 0 Å². The summed E-state index contributed by atoms with van der Waals surface area (Å²) in [6, 6.07) is 87.6. The lowest BCUT2D eigenvalue weighted by atomic mass is 9.33. The molecule has 0 atom stereocenters. The van der Waals surface area contributed by atoms with E-state index in [2.05, 4.69) is 268 Å². The molecule has 0 bridgehead atoms. The second-order valence-corrected chi connectivity index (χ2v) is 23.7. The number of anilines is 6. The number of rotatable bonds is 11. The van der Waals surface area contributed by atoms with Crippen molar-refractivity contribution in [3.05, 3.63) is 314 Å². The highest BCUT2D eigenvalue weighted by molar-refractivity contribution is 7.00. The zero-order valence-electron chi connectivity index (χ0n) is 57.3. The quantitative estimate of drug-likeness (QED) is 0.120. The summed E-state index contributed by atoms with van der Waals surface area (Å²) in [5, 5.41) is 0.0330. The zero-order chi connectivity index (χ0) is 65.9. The van der Waals surface area contributed by atoms with Gasteiger partial charge in [0, 0.05) is 61.5 Å². The van der Waals surface area contributed by atoms with Gasteiger partial charge in [-0.3, -0.25) is 0 Å². The molecule has 0 aliphatic carbocycles. The molecule has 2 aliphatic rings. The second kappa shape index (κ2) is 21.7. The van der Waals surface area contributed by atoms with E-state index in [9.17, 15) is 8.22 Å². The molecule has 88 heavy (non-hydrogen) atoms. The molecule has 0 N–H and O–H groups in total. The van der Waals surface area contributed by atoms with Crippen molar-refractivity contribution in [3.8, 4) is 72.4 Å². The van der Waals surface area contributed by atoms with E-state index in [1.54, 1.807) is 4.57 Å². The average molecular weight is 1130 g/mol. The van der Waals surface area contributed by atoms with E-state index in [1.807, 2.05) is 24.3 Å². The molecule has 0 amide bonds. The van der Waals surface area contributed by atoms with Crippen LogP contribution in [0.5, 0.6) is 0 Å². The average Bonchev–Trinajstić information content (AvgIpc) is 0.819. The van der Waals surface area contributed by atoms with Crippen LogP contribution in [0.3, 0.4) is 0 Å². The van der Waals surface area contributed by atoms with Crippen LogP contribution in [-0.2, 0) is 0 Å². The Morgan fingerprint density at radius 2 is 0.795 bits per heavy atom. The summed E-state index contributed by atoms with van der Waals surface area (Å²) in [5.41, 5.74) is 24.0. The van der Waals surface area contributed by atoms with Crippen LogP contribution in [0.2, 0.25) is 0 Å². The fourth-order valence-electron chi connectivity index (χ4n) is 13.9. The van der Waals surface area contributed by atoms with Crippen molar-refractivity contribution in [1.29, 1.82) is 0 Å². The fourth-order valence-corrected chi connectivity index (χ4v) is 13.9. The Morgan fingerprint density at radius 3 is 1.27 bits per heavy atom. The summed E-state index contributed by atoms with van der Waals surface area (Å²) in [6.07, 6.45) is 0. The summed E-state index contributed by atoms with van der Waals surface area (Å²) in [7, 11) is 0. The lowest BCUT2D eigenvalue weighted by molar-refractivity contribution is 0.835. The molecule has 0 spiro atoms. The standard InChI is InChI=1S/C84H64BN3/c1-55(2)62-44-47-66(73(50-62)56(3)4)64-52-80-82-81(53-64)88(84-69(60-32-16-8-17-33-60)40-25-41-70(84)61-34-18-9-19-35-61)79-54-65(86-76-42-22-20-36-71(76)72-37-21-23-43-77(72)86)46-48-74(79)85(82)75-51-63(57-26-10-5-11-27-57)45-49-78(75)87(80)83-67(58-28-12-6-13-29-58)38-24-39-68(83)59-30-14-7-15-31-59/h5-56H,1-4H3/i20D,21D,22D,23D,36D,37D,42D,43D. The van der Waals surface area contributed by atoms with Crippen LogP contribution in [-0.4, -0.2) is 11.3 Å². The largest absolute Gasteiger partial charge is 0.310 e. The Kier molecular flexibility index (Phi) is 11.0. The predicted octanol–water partition coefficient (Wildman–Crippen LogP) is 21.1. The number of fused-ring (bicyclic) bond motifs is 7. The molecule has 418 valence electrons. The van der Waals surface area contributed by atoms with Crippen molar-refractivity contribution in [3.63, 3.8) is 0 Å². The molecule has 4 heteroatoms. The van der Waals surface area contributed by atoms with Crippen LogP contribution >= 0.6 is 0 Å². The third kappa shape index (κ3) is 8.73. The van der Waals surface area contributed by atoms with Crippen molar-refractivity contribution < 1.29 is 11.0 Å². The highest BCUT2D eigenvalue weighted by Gasteiger charge is 2.46. The number of benzene rings is 13. The van der Waals surface area contributed by atoms with E-state index in [4.69, 9.17) is 2.74 Å². The van der Waals surface area contributed by atoms with Crippen LogP contribution in [0.25, 0.3) is 94.3 Å². The highest BCUT2D eigenvalue weighted by atomic mass is 15.2. The molecule has 0 radical (unpaired) electrons. The van der Waals surface area contributed by atoms with Crippen LogP contribution < -0.4 is 26.2 Å². The fraction of sp³-hybridized carbons (Fsp3) is 0.0714. The van der Waals surface area contributed by atoms with E-state index in [0.717, 1.165) is 117 Å². The smallest absolute Gasteiger partial charge is 0.252 e. The monoisotopic (exact) mass is 1130 g/mol. The van der Waals surface area contributed by atoms with Crippen LogP contribution in [0.15, 0.2) is 303 Å². The topological polar surface area (TPSA) is 11.4 Å². The first-order chi connectivity index (χ1) is 46.7. The van der Waals surface area contributed by atoms with Crippen molar-refractivity contribution in [1.82, 2.24) is 4.57 Å². The maximum Gasteiger partial charge on any atom is 0.252 e. The van der Waals surface area contributed by atoms with Gasteiger partial charge in [0.05, 0.1) is 33.4 Å². The highest BCUT2D eigenvalue weighted by Crippen LogP contribution is 2.54. The minimum absolute atomic E-state index is 0.0165. The van der Waals surface area contributed by atoms with Gasteiger partial charge < -0.3 is 14.4 Å². The lowest BCUT2D eigenvalue weighted by Gasteiger charge is -2.46. The van der Waals surface area contributed by atoms with Crippen molar-refractivity contribution in [2.75, 3.05) is 9.80 Å². The molecule has 0 saturated heterocycles. The van der Waals surface area contributed by atoms with Crippen molar-refractivity contribution in [2.45, 2.75) is 39.5 Å². The molecule has 1 aromatic heterocycles. The first-order valence-corrected chi connectivity index (χ1v) is 30.4. The summed E-state index contributed by atoms with van der Waals surface area (Å²) < 4.78 is 76.5. The molecule has 0 fully saturated rings. The van der Waals surface area contributed by atoms with Crippen LogP contribution in [0.1, 0.15) is 61.6 Å². The van der Waals surface area contributed by atoms with Gasteiger partial charge in [-0.25, -0.2) is 0 Å². The summed E-state index contributed by atoms with van der Waals surface area (Å²) in [4.78, 5) is 4.98. The van der Waals surface area contributed by atoms with Gasteiger partial charge in [-0.1, -0.05) is 288 Å². The minimum atomic E-state index is -0.494. The Bertz CT molecular complexity index is 5280. The number of para-hydroxylation sites is 4. The molecule has 16 rings (SSSR count). The molecule has 3 heterocycles. The normalized spacial score (nSPS) is 13.7. The Balaban J connectivity index is 1.13. The minimum Gasteiger partial charge on any atom is -0.310 e.